The largest absolute Gasteiger partial charge is 0.357 e. The quantitative estimate of drug-likeness (QED) is 0.384. The van der Waals surface area contributed by atoms with Gasteiger partial charge in [0.05, 0.1) is 11.3 Å². The summed E-state index contributed by atoms with van der Waals surface area (Å²) in [4.78, 5) is 12.6. The van der Waals surface area contributed by atoms with Gasteiger partial charge in [0, 0.05) is 18.8 Å². The van der Waals surface area contributed by atoms with E-state index in [0.717, 1.165) is 16.8 Å². The van der Waals surface area contributed by atoms with Crippen LogP contribution in [0.4, 0.5) is 10.9 Å². The highest BCUT2D eigenvalue weighted by Crippen LogP contribution is 2.29. The number of rotatable bonds is 9. The molecule has 3 rings (SSSR count). The van der Waals surface area contributed by atoms with Gasteiger partial charge in [0.25, 0.3) is 0 Å². The molecule has 1 aromatic carbocycles. The first-order valence-corrected chi connectivity index (χ1v) is 11.1. The van der Waals surface area contributed by atoms with Gasteiger partial charge in [-0.1, -0.05) is 59.5 Å². The van der Waals surface area contributed by atoms with Gasteiger partial charge in [-0.2, -0.15) is 5.26 Å². The average Bonchev–Trinajstić information content (AvgIpc) is 3.30. The predicted molar refractivity (Wildman–Crippen MR) is 122 cm³/mol. The highest BCUT2D eigenvalue weighted by atomic mass is 32.2. The van der Waals surface area contributed by atoms with Gasteiger partial charge < -0.3 is 15.2 Å². The van der Waals surface area contributed by atoms with Crippen LogP contribution in [-0.2, 0) is 11.3 Å². The minimum Gasteiger partial charge on any atom is -0.357 e. The molecule has 0 bridgehead atoms. The Balaban J connectivity index is 1.72. The lowest BCUT2D eigenvalue weighted by Gasteiger charge is -2.13. The van der Waals surface area contributed by atoms with Crippen LogP contribution in [0.2, 0.25) is 0 Å². The van der Waals surface area contributed by atoms with Crippen molar-refractivity contribution < 1.29 is 4.79 Å². The van der Waals surface area contributed by atoms with Crippen molar-refractivity contribution in [3.8, 4) is 6.07 Å². The third-order valence-corrected chi connectivity index (χ3v) is 6.53. The Kier molecular flexibility index (Phi) is 7.27. The minimum absolute atomic E-state index is 0.176. The molecule has 0 atom stereocenters. The second kappa shape index (κ2) is 10.1. The molecule has 2 heterocycles. The molecule has 0 saturated heterocycles. The van der Waals surface area contributed by atoms with Crippen LogP contribution in [0.5, 0.6) is 0 Å². The number of hydrogen-bond acceptors (Lipinski definition) is 7. The zero-order valence-electron chi connectivity index (χ0n) is 16.8. The number of carbonyl (C=O) groups is 1. The average molecular weight is 439 g/mol. The molecule has 0 saturated carbocycles. The van der Waals surface area contributed by atoms with Gasteiger partial charge in [0.1, 0.15) is 11.9 Å². The topological polar surface area (TPSA) is 95.6 Å². The smallest absolute Gasteiger partial charge is 0.235 e. The molecule has 7 nitrogen and oxygen atoms in total. The number of benzene rings is 1. The van der Waals surface area contributed by atoms with Gasteiger partial charge >= 0.3 is 0 Å². The van der Waals surface area contributed by atoms with E-state index >= 15 is 0 Å². The fraction of sp³-hybridized carbons (Fsp3) is 0.238. The summed E-state index contributed by atoms with van der Waals surface area (Å²) in [6.45, 7) is 8.69. The van der Waals surface area contributed by atoms with Gasteiger partial charge in [0.15, 0.2) is 4.34 Å². The van der Waals surface area contributed by atoms with Crippen molar-refractivity contribution in [1.82, 2.24) is 14.8 Å². The van der Waals surface area contributed by atoms with Gasteiger partial charge in [0.2, 0.25) is 11.0 Å². The molecule has 0 aliphatic rings. The lowest BCUT2D eigenvalue weighted by molar-refractivity contribution is -0.113. The SMILES string of the molecule is C=CCNc1nnc(SCC(=O)Nc2c(C#N)c(C)c(C)n2Cc2ccccc2)s1. The summed E-state index contributed by atoms with van der Waals surface area (Å²) in [6, 6.07) is 12.2. The number of aromatic nitrogens is 3. The number of carbonyl (C=O) groups excluding carboxylic acids is 1. The van der Waals surface area contributed by atoms with E-state index in [9.17, 15) is 10.1 Å². The molecule has 0 radical (unpaired) electrons. The molecule has 0 aliphatic heterocycles. The highest BCUT2D eigenvalue weighted by molar-refractivity contribution is 8.01. The van der Waals surface area contributed by atoms with E-state index in [1.807, 2.05) is 48.7 Å². The molecule has 0 unspecified atom stereocenters. The second-order valence-corrected chi connectivity index (χ2v) is 8.70. The number of hydrogen-bond donors (Lipinski definition) is 2. The summed E-state index contributed by atoms with van der Waals surface area (Å²) in [5.74, 6) is 0.516. The zero-order valence-corrected chi connectivity index (χ0v) is 18.4. The minimum atomic E-state index is -0.195. The van der Waals surface area contributed by atoms with E-state index in [0.29, 0.717) is 33.9 Å². The first-order valence-electron chi connectivity index (χ1n) is 9.28. The zero-order chi connectivity index (χ0) is 21.5. The fourth-order valence-electron chi connectivity index (χ4n) is 2.89. The van der Waals surface area contributed by atoms with Crippen LogP contribution in [0.3, 0.4) is 0 Å². The van der Waals surface area contributed by atoms with Crippen molar-refractivity contribution in [1.29, 1.82) is 5.26 Å². The molecular formula is C21H22N6OS2. The van der Waals surface area contributed by atoms with E-state index in [1.54, 1.807) is 6.08 Å². The maximum absolute atomic E-state index is 12.6. The van der Waals surface area contributed by atoms with Gasteiger partial charge in [-0.15, -0.1) is 16.8 Å². The molecule has 0 spiro atoms. The number of thioether (sulfide) groups is 1. The lowest BCUT2D eigenvalue weighted by atomic mass is 10.2. The molecule has 1 amide bonds. The fourth-order valence-corrected chi connectivity index (χ4v) is 4.45. The number of anilines is 2. The first-order chi connectivity index (χ1) is 14.5. The van der Waals surface area contributed by atoms with Gasteiger partial charge in [-0.3, -0.25) is 4.79 Å². The monoisotopic (exact) mass is 438 g/mol. The van der Waals surface area contributed by atoms with Crippen LogP contribution >= 0.6 is 23.1 Å². The molecule has 0 aliphatic carbocycles. The number of nitrogens with one attached hydrogen (secondary N) is 2. The Morgan fingerprint density at radius 1 is 1.33 bits per heavy atom. The summed E-state index contributed by atoms with van der Waals surface area (Å²) >= 11 is 2.70. The number of nitriles is 1. The summed E-state index contributed by atoms with van der Waals surface area (Å²) in [5, 5.41) is 24.4. The summed E-state index contributed by atoms with van der Waals surface area (Å²) in [7, 11) is 0. The third-order valence-electron chi connectivity index (χ3n) is 4.51. The Morgan fingerprint density at radius 2 is 2.10 bits per heavy atom. The highest BCUT2D eigenvalue weighted by Gasteiger charge is 2.20. The van der Waals surface area contributed by atoms with Crippen LogP contribution in [0.15, 0.2) is 47.3 Å². The van der Waals surface area contributed by atoms with E-state index in [-0.39, 0.29) is 11.7 Å². The van der Waals surface area contributed by atoms with Crippen molar-refractivity contribution >= 4 is 40.0 Å². The van der Waals surface area contributed by atoms with Crippen molar-refractivity contribution in [2.45, 2.75) is 24.7 Å². The number of nitrogens with zero attached hydrogens (tertiary/aromatic N) is 4. The molecular weight excluding hydrogens is 416 g/mol. The van der Waals surface area contributed by atoms with Crippen molar-refractivity contribution in [3.05, 3.63) is 65.4 Å². The summed E-state index contributed by atoms with van der Waals surface area (Å²) in [5.41, 5.74) is 3.42. The Labute approximate surface area is 183 Å². The molecule has 30 heavy (non-hydrogen) atoms. The van der Waals surface area contributed by atoms with Crippen LogP contribution in [0.25, 0.3) is 0 Å². The molecule has 2 aromatic heterocycles. The predicted octanol–water partition coefficient (Wildman–Crippen LogP) is 4.21. The molecule has 2 N–H and O–H groups in total. The third kappa shape index (κ3) is 5.09. The maximum atomic E-state index is 12.6. The van der Waals surface area contributed by atoms with Gasteiger partial charge in [-0.25, -0.2) is 0 Å². The Bertz CT molecular complexity index is 1080. The normalized spacial score (nSPS) is 10.4. The maximum Gasteiger partial charge on any atom is 0.235 e. The first kappa shape index (κ1) is 21.6. The summed E-state index contributed by atoms with van der Waals surface area (Å²) in [6.07, 6.45) is 1.74. The van der Waals surface area contributed by atoms with E-state index in [4.69, 9.17) is 0 Å². The molecule has 3 aromatic rings. The van der Waals surface area contributed by atoms with Crippen LogP contribution in [0, 0.1) is 25.2 Å². The molecule has 9 heteroatoms. The van der Waals surface area contributed by atoms with Crippen molar-refractivity contribution in [2.24, 2.45) is 0 Å². The van der Waals surface area contributed by atoms with Crippen molar-refractivity contribution in [3.63, 3.8) is 0 Å². The summed E-state index contributed by atoms with van der Waals surface area (Å²) < 4.78 is 2.68. The molecule has 154 valence electrons. The van der Waals surface area contributed by atoms with E-state index in [1.165, 1.54) is 23.1 Å². The number of amides is 1. The Hall–Kier alpha value is -3.09. The van der Waals surface area contributed by atoms with Crippen LogP contribution < -0.4 is 10.6 Å². The standard InChI is InChI=1S/C21H22N6OS2/c1-4-10-23-20-25-26-21(30-20)29-13-18(28)24-19-17(11-22)14(2)15(3)27(19)12-16-8-6-5-7-9-16/h4-9H,1,10,12-13H2,2-3H3,(H,23,25)(H,24,28). The van der Waals surface area contributed by atoms with Crippen LogP contribution in [0.1, 0.15) is 22.4 Å². The van der Waals surface area contributed by atoms with Gasteiger partial charge in [-0.05, 0) is 25.0 Å². The van der Waals surface area contributed by atoms with E-state index in [2.05, 4.69) is 33.5 Å². The van der Waals surface area contributed by atoms with Crippen LogP contribution in [-0.4, -0.2) is 33.0 Å². The Morgan fingerprint density at radius 3 is 2.80 bits per heavy atom. The van der Waals surface area contributed by atoms with Crippen molar-refractivity contribution in [2.75, 3.05) is 22.9 Å². The van der Waals surface area contributed by atoms with E-state index < -0.39 is 0 Å². The molecule has 0 fully saturated rings. The second-order valence-electron chi connectivity index (χ2n) is 6.50. The lowest BCUT2D eigenvalue weighted by Crippen LogP contribution is -2.18.